The van der Waals surface area contributed by atoms with Gasteiger partial charge in [0.2, 0.25) is 6.29 Å². The van der Waals surface area contributed by atoms with Crippen molar-refractivity contribution < 1.29 is 39.8 Å². The van der Waals surface area contributed by atoms with Gasteiger partial charge in [0.25, 0.3) is 0 Å². The monoisotopic (exact) mass is 376 g/mol. The summed E-state index contributed by atoms with van der Waals surface area (Å²) in [4.78, 5) is 10.9. The van der Waals surface area contributed by atoms with Crippen molar-refractivity contribution in [2.75, 3.05) is 6.61 Å². The van der Waals surface area contributed by atoms with E-state index in [0.717, 1.165) is 11.1 Å². The molecule has 3 rings (SSSR count). The fourth-order valence-electron chi connectivity index (χ4n) is 2.85. The highest BCUT2D eigenvalue weighted by Crippen LogP contribution is 2.28. The van der Waals surface area contributed by atoms with Crippen LogP contribution < -0.4 is 4.74 Å². The maximum Gasteiger partial charge on any atom is 0.335 e. The van der Waals surface area contributed by atoms with Gasteiger partial charge in [0.15, 0.2) is 0 Å². The Kier molecular flexibility index (Phi) is 5.73. The Labute approximate surface area is 154 Å². The number of rotatable bonds is 5. The van der Waals surface area contributed by atoms with Crippen LogP contribution in [-0.2, 0) is 4.74 Å². The number of carbonyl (C=O) groups is 1. The van der Waals surface area contributed by atoms with E-state index in [1.54, 1.807) is 36.4 Å². The number of carboxylic acids is 1. The number of hydrogen-bond acceptors (Lipinski definition) is 7. The highest BCUT2D eigenvalue weighted by atomic mass is 16.7. The van der Waals surface area contributed by atoms with E-state index >= 15 is 0 Å². The van der Waals surface area contributed by atoms with Gasteiger partial charge in [-0.25, -0.2) is 4.79 Å². The smallest absolute Gasteiger partial charge is 0.335 e. The van der Waals surface area contributed by atoms with E-state index in [-0.39, 0.29) is 5.56 Å². The summed E-state index contributed by atoms with van der Waals surface area (Å²) in [6, 6.07) is 13.1. The van der Waals surface area contributed by atoms with Crippen molar-refractivity contribution in [3.8, 4) is 16.9 Å². The van der Waals surface area contributed by atoms with E-state index in [4.69, 9.17) is 14.6 Å². The number of aliphatic hydroxyl groups excluding tert-OH is 4. The van der Waals surface area contributed by atoms with E-state index in [1.807, 2.05) is 0 Å². The number of aliphatic hydroxyl groups is 4. The third-order valence-corrected chi connectivity index (χ3v) is 4.40. The quantitative estimate of drug-likeness (QED) is 0.500. The van der Waals surface area contributed by atoms with E-state index in [1.165, 1.54) is 12.1 Å². The van der Waals surface area contributed by atoms with Crippen molar-refractivity contribution in [1.29, 1.82) is 0 Å². The first-order chi connectivity index (χ1) is 12.9. The topological polar surface area (TPSA) is 137 Å². The van der Waals surface area contributed by atoms with Crippen molar-refractivity contribution in [2.24, 2.45) is 0 Å². The zero-order valence-electron chi connectivity index (χ0n) is 14.2. The van der Waals surface area contributed by atoms with Crippen LogP contribution in [0.5, 0.6) is 5.75 Å². The van der Waals surface area contributed by atoms with Crippen LogP contribution >= 0.6 is 0 Å². The van der Waals surface area contributed by atoms with Crippen molar-refractivity contribution in [1.82, 2.24) is 0 Å². The maximum atomic E-state index is 10.9. The lowest BCUT2D eigenvalue weighted by molar-refractivity contribution is -0.277. The molecular weight excluding hydrogens is 356 g/mol. The highest BCUT2D eigenvalue weighted by Gasteiger charge is 2.44. The van der Waals surface area contributed by atoms with Gasteiger partial charge < -0.3 is 35.0 Å². The second kappa shape index (κ2) is 8.03. The van der Waals surface area contributed by atoms with Crippen LogP contribution in [-0.4, -0.2) is 68.8 Å². The first kappa shape index (κ1) is 19.3. The molecule has 2 aromatic rings. The van der Waals surface area contributed by atoms with Crippen LogP contribution in [0.15, 0.2) is 48.5 Å². The fraction of sp³-hybridized carbons (Fsp3) is 0.316. The molecule has 5 atom stereocenters. The van der Waals surface area contributed by atoms with Gasteiger partial charge in [-0.05, 0) is 35.4 Å². The molecule has 0 amide bonds. The molecule has 1 aliphatic heterocycles. The van der Waals surface area contributed by atoms with Crippen LogP contribution in [0.25, 0.3) is 11.1 Å². The number of carboxylic acid groups (broad SMARTS) is 1. The van der Waals surface area contributed by atoms with Crippen LogP contribution in [0.3, 0.4) is 0 Å². The predicted octanol–water partition coefficient (Wildman–Crippen LogP) is 0.230. The molecule has 8 heteroatoms. The summed E-state index contributed by atoms with van der Waals surface area (Å²) >= 11 is 0. The largest absolute Gasteiger partial charge is 0.478 e. The Balaban J connectivity index is 1.78. The molecule has 2 aromatic carbocycles. The van der Waals surface area contributed by atoms with Gasteiger partial charge in [0.1, 0.15) is 30.2 Å². The van der Waals surface area contributed by atoms with Gasteiger partial charge >= 0.3 is 5.97 Å². The third-order valence-electron chi connectivity index (χ3n) is 4.40. The Morgan fingerprint density at radius 1 is 0.963 bits per heavy atom. The number of hydrogen-bond donors (Lipinski definition) is 5. The minimum absolute atomic E-state index is 0.174. The zero-order valence-corrected chi connectivity index (χ0v) is 14.2. The molecule has 1 heterocycles. The summed E-state index contributed by atoms with van der Waals surface area (Å²) in [5, 5.41) is 47.9. The van der Waals surface area contributed by atoms with Crippen LogP contribution in [0.1, 0.15) is 10.4 Å². The second-order valence-corrected chi connectivity index (χ2v) is 6.23. The van der Waals surface area contributed by atoms with Crippen LogP contribution in [0, 0.1) is 0 Å². The molecule has 0 unspecified atom stereocenters. The van der Waals surface area contributed by atoms with Crippen molar-refractivity contribution in [2.45, 2.75) is 30.7 Å². The van der Waals surface area contributed by atoms with E-state index in [2.05, 4.69) is 0 Å². The lowest BCUT2D eigenvalue weighted by atomic mass is 9.99. The number of ether oxygens (including phenoxy) is 2. The molecular formula is C19H20O8. The molecule has 1 aliphatic rings. The molecule has 144 valence electrons. The minimum Gasteiger partial charge on any atom is -0.478 e. The van der Waals surface area contributed by atoms with Crippen LogP contribution in [0.4, 0.5) is 0 Å². The lowest BCUT2D eigenvalue weighted by Gasteiger charge is -2.39. The van der Waals surface area contributed by atoms with Gasteiger partial charge in [-0.1, -0.05) is 24.3 Å². The maximum absolute atomic E-state index is 10.9. The Morgan fingerprint density at radius 2 is 1.67 bits per heavy atom. The molecule has 0 aromatic heterocycles. The van der Waals surface area contributed by atoms with Gasteiger partial charge in [0.05, 0.1) is 12.2 Å². The number of benzene rings is 2. The van der Waals surface area contributed by atoms with Gasteiger partial charge in [0, 0.05) is 0 Å². The standard InChI is InChI=1S/C19H20O8/c20-9-14-15(21)16(22)17(23)19(27-14)26-13-3-1-2-12(8-13)10-4-6-11(7-5-10)18(24)25/h1-8,14-17,19-23H,9H2,(H,24,25)/t14-,15-,16+,17+,19-/m1/s1. The Bertz CT molecular complexity index is 789. The molecule has 1 saturated heterocycles. The van der Waals surface area contributed by atoms with E-state index in [9.17, 15) is 25.2 Å². The molecule has 0 spiro atoms. The minimum atomic E-state index is -1.52. The third kappa shape index (κ3) is 4.10. The summed E-state index contributed by atoms with van der Waals surface area (Å²) in [5.41, 5.74) is 1.68. The fourth-order valence-corrected chi connectivity index (χ4v) is 2.85. The summed E-state index contributed by atoms with van der Waals surface area (Å²) in [5.74, 6) is -0.680. The molecule has 8 nitrogen and oxygen atoms in total. The number of aromatic carboxylic acids is 1. The summed E-state index contributed by atoms with van der Waals surface area (Å²) < 4.78 is 10.9. The van der Waals surface area contributed by atoms with E-state index in [0.29, 0.717) is 5.75 Å². The summed E-state index contributed by atoms with van der Waals surface area (Å²) in [6.45, 7) is -0.541. The first-order valence-corrected chi connectivity index (χ1v) is 8.31. The average Bonchev–Trinajstić information content (AvgIpc) is 2.68. The SMILES string of the molecule is O=C(O)c1ccc(-c2cccc(O[C@@H]3O[C@H](CO)[C@@H](O)[C@H](O)[C@@H]3O)c2)cc1. The molecule has 0 radical (unpaired) electrons. The molecule has 0 aliphatic carbocycles. The first-order valence-electron chi connectivity index (χ1n) is 8.31. The summed E-state index contributed by atoms with van der Waals surface area (Å²) in [7, 11) is 0. The second-order valence-electron chi connectivity index (χ2n) is 6.23. The Hall–Kier alpha value is -2.49. The van der Waals surface area contributed by atoms with Gasteiger partial charge in [-0.2, -0.15) is 0 Å². The molecule has 0 bridgehead atoms. The van der Waals surface area contributed by atoms with Crippen LogP contribution in [0.2, 0.25) is 0 Å². The predicted molar refractivity (Wildman–Crippen MR) is 93.2 cm³/mol. The van der Waals surface area contributed by atoms with Crippen molar-refractivity contribution in [3.05, 3.63) is 54.1 Å². The summed E-state index contributed by atoms with van der Waals surface area (Å²) in [6.07, 6.45) is -6.80. The molecule has 1 fully saturated rings. The van der Waals surface area contributed by atoms with Crippen molar-refractivity contribution in [3.63, 3.8) is 0 Å². The van der Waals surface area contributed by atoms with E-state index < -0.39 is 43.3 Å². The zero-order chi connectivity index (χ0) is 19.6. The molecule has 5 N–H and O–H groups in total. The highest BCUT2D eigenvalue weighted by molar-refractivity contribution is 5.88. The lowest BCUT2D eigenvalue weighted by Crippen LogP contribution is -2.60. The average molecular weight is 376 g/mol. The van der Waals surface area contributed by atoms with Gasteiger partial charge in [-0.3, -0.25) is 0 Å². The molecule has 0 saturated carbocycles. The Morgan fingerprint density at radius 3 is 2.30 bits per heavy atom. The van der Waals surface area contributed by atoms with Crippen molar-refractivity contribution >= 4 is 5.97 Å². The normalized spacial score (nSPS) is 27.9. The van der Waals surface area contributed by atoms with Gasteiger partial charge in [-0.15, -0.1) is 0 Å². The molecule has 27 heavy (non-hydrogen) atoms.